The number of aliphatic hydroxyl groups is 1. The molecule has 2 N–H and O–H groups in total. The summed E-state index contributed by atoms with van der Waals surface area (Å²) < 4.78 is 4.17. The van der Waals surface area contributed by atoms with Gasteiger partial charge in [0.15, 0.2) is 5.76 Å². The number of benzene rings is 1. The van der Waals surface area contributed by atoms with Crippen LogP contribution in [0.1, 0.15) is 12.5 Å². The second-order valence-corrected chi connectivity index (χ2v) is 3.25. The van der Waals surface area contributed by atoms with Gasteiger partial charge in [0.1, 0.15) is 5.75 Å². The number of allylic oxidation sites excluding steroid dienone is 1. The van der Waals surface area contributed by atoms with Crippen LogP contribution in [0.5, 0.6) is 5.75 Å². The molecule has 1 aromatic rings. The van der Waals surface area contributed by atoms with E-state index in [0.717, 1.165) is 11.8 Å². The second kappa shape index (κ2) is 9.33. The van der Waals surface area contributed by atoms with Gasteiger partial charge in [0, 0.05) is 6.92 Å². The molecular weight excluding hydrogens is 244 g/mol. The minimum atomic E-state index is -0.329. The standard InChI is InChI=1S/C11H10O2.C4H6O2/c1-2-10(12)6-3-9-4-7-11(13)8-5-9;1-3-6-4(2)5/h2-5,7-8,12-13H,1H2;3H,1H2,2H3. The quantitative estimate of drug-likeness (QED) is 0.378. The topological polar surface area (TPSA) is 66.8 Å². The molecule has 0 aliphatic heterocycles. The molecular formula is C15H16O4. The molecule has 0 aliphatic rings. The van der Waals surface area contributed by atoms with Gasteiger partial charge in [-0.05, 0) is 29.8 Å². The normalized spacial score (nSPS) is 8.05. The lowest BCUT2D eigenvalue weighted by molar-refractivity contribution is -0.135. The van der Waals surface area contributed by atoms with Crippen LogP contribution in [0.25, 0.3) is 6.08 Å². The van der Waals surface area contributed by atoms with Crippen LogP contribution in [0.3, 0.4) is 0 Å². The van der Waals surface area contributed by atoms with E-state index in [-0.39, 0.29) is 17.5 Å². The third-order valence-corrected chi connectivity index (χ3v) is 1.72. The average molecular weight is 260 g/mol. The SMILES string of the molecule is C=CC(O)=C=Cc1ccc(O)cc1.C=COC(C)=O. The summed E-state index contributed by atoms with van der Waals surface area (Å²) in [5.41, 5.74) is 3.47. The first-order valence-electron chi connectivity index (χ1n) is 5.35. The van der Waals surface area contributed by atoms with Crippen molar-refractivity contribution in [2.24, 2.45) is 0 Å². The van der Waals surface area contributed by atoms with E-state index in [1.54, 1.807) is 30.3 Å². The van der Waals surface area contributed by atoms with E-state index in [1.807, 2.05) is 0 Å². The Bertz CT molecular complexity index is 491. The molecule has 0 radical (unpaired) electrons. The maximum Gasteiger partial charge on any atom is 0.307 e. The first-order chi connectivity index (χ1) is 8.99. The molecule has 0 saturated heterocycles. The number of carbonyl (C=O) groups is 1. The number of carbonyl (C=O) groups excluding carboxylic acids is 1. The molecule has 4 heteroatoms. The minimum Gasteiger partial charge on any atom is -0.508 e. The van der Waals surface area contributed by atoms with Crippen molar-refractivity contribution in [1.82, 2.24) is 0 Å². The monoisotopic (exact) mass is 260 g/mol. The fraction of sp³-hybridized carbons (Fsp3) is 0.0667. The smallest absolute Gasteiger partial charge is 0.307 e. The molecule has 1 aromatic carbocycles. The Kier molecular flexibility index (Phi) is 8.00. The van der Waals surface area contributed by atoms with Crippen molar-refractivity contribution >= 4 is 12.0 Å². The maximum atomic E-state index is 9.75. The highest BCUT2D eigenvalue weighted by Crippen LogP contribution is 2.10. The van der Waals surface area contributed by atoms with Crippen molar-refractivity contribution in [2.45, 2.75) is 6.92 Å². The predicted octanol–water partition coefficient (Wildman–Crippen LogP) is 3.33. The zero-order valence-electron chi connectivity index (χ0n) is 10.7. The fourth-order valence-electron chi connectivity index (χ4n) is 0.904. The van der Waals surface area contributed by atoms with E-state index in [0.29, 0.717) is 0 Å². The molecule has 0 spiro atoms. The molecule has 0 heterocycles. The Hall–Kier alpha value is -2.71. The number of aliphatic hydroxyl groups excluding tert-OH is 1. The van der Waals surface area contributed by atoms with Crippen LogP contribution in [-0.4, -0.2) is 16.2 Å². The van der Waals surface area contributed by atoms with Crippen molar-refractivity contribution < 1.29 is 19.7 Å². The van der Waals surface area contributed by atoms with Gasteiger partial charge < -0.3 is 14.9 Å². The average Bonchev–Trinajstić information content (AvgIpc) is 2.38. The summed E-state index contributed by atoms with van der Waals surface area (Å²) in [5, 5.41) is 18.0. The molecule has 4 nitrogen and oxygen atoms in total. The Morgan fingerprint density at radius 1 is 1.32 bits per heavy atom. The summed E-state index contributed by atoms with van der Waals surface area (Å²) >= 11 is 0. The van der Waals surface area contributed by atoms with E-state index < -0.39 is 0 Å². The molecule has 0 aromatic heterocycles. The van der Waals surface area contributed by atoms with Crippen molar-refractivity contribution in [3.63, 3.8) is 0 Å². The van der Waals surface area contributed by atoms with Crippen molar-refractivity contribution in [3.8, 4) is 5.75 Å². The van der Waals surface area contributed by atoms with E-state index in [9.17, 15) is 4.79 Å². The molecule has 0 aliphatic carbocycles. The van der Waals surface area contributed by atoms with Crippen molar-refractivity contribution in [3.05, 3.63) is 66.8 Å². The first kappa shape index (κ1) is 16.3. The van der Waals surface area contributed by atoms with E-state index >= 15 is 0 Å². The molecule has 0 saturated carbocycles. The van der Waals surface area contributed by atoms with Gasteiger partial charge in [0.25, 0.3) is 0 Å². The highest BCUT2D eigenvalue weighted by molar-refractivity contribution is 5.66. The van der Waals surface area contributed by atoms with Crippen LogP contribution in [0, 0.1) is 0 Å². The van der Waals surface area contributed by atoms with Gasteiger partial charge in [0.05, 0.1) is 6.26 Å². The van der Waals surface area contributed by atoms with Gasteiger partial charge in [-0.25, -0.2) is 0 Å². The summed E-state index contributed by atoms with van der Waals surface area (Å²) in [4.78, 5) is 9.75. The maximum absolute atomic E-state index is 9.75. The van der Waals surface area contributed by atoms with Crippen LogP contribution in [0.4, 0.5) is 0 Å². The Balaban J connectivity index is 0.000000459. The van der Waals surface area contributed by atoms with Crippen molar-refractivity contribution in [1.29, 1.82) is 0 Å². The van der Waals surface area contributed by atoms with Gasteiger partial charge in [0.2, 0.25) is 0 Å². The number of aromatic hydroxyl groups is 1. The molecule has 0 atom stereocenters. The fourth-order valence-corrected chi connectivity index (χ4v) is 0.904. The summed E-state index contributed by atoms with van der Waals surface area (Å²) in [6.07, 6.45) is 4.01. The zero-order chi connectivity index (χ0) is 14.7. The Labute approximate surface area is 112 Å². The van der Waals surface area contributed by atoms with Gasteiger partial charge in [-0.15, -0.1) is 0 Å². The van der Waals surface area contributed by atoms with E-state index in [4.69, 9.17) is 10.2 Å². The third-order valence-electron chi connectivity index (χ3n) is 1.72. The first-order valence-corrected chi connectivity index (χ1v) is 5.35. The highest BCUT2D eigenvalue weighted by atomic mass is 16.5. The number of phenolic OH excluding ortho intramolecular Hbond substituents is 1. The van der Waals surface area contributed by atoms with Crippen LogP contribution in [0.15, 0.2) is 61.3 Å². The molecule has 100 valence electrons. The van der Waals surface area contributed by atoms with E-state index in [2.05, 4.69) is 23.6 Å². The van der Waals surface area contributed by atoms with Crippen LogP contribution in [-0.2, 0) is 9.53 Å². The molecule has 19 heavy (non-hydrogen) atoms. The highest BCUT2D eigenvalue weighted by Gasteiger charge is 1.86. The number of hydrogen-bond acceptors (Lipinski definition) is 4. The molecule has 1 rings (SSSR count). The van der Waals surface area contributed by atoms with Crippen LogP contribution < -0.4 is 0 Å². The third kappa shape index (κ3) is 9.03. The molecule has 0 fully saturated rings. The summed E-state index contributed by atoms with van der Waals surface area (Å²) in [7, 11) is 0. The largest absolute Gasteiger partial charge is 0.508 e. The molecule has 0 amide bonds. The van der Waals surface area contributed by atoms with Gasteiger partial charge in [-0.2, -0.15) is 0 Å². The number of ether oxygens (including phenoxy) is 1. The van der Waals surface area contributed by atoms with Crippen LogP contribution in [0.2, 0.25) is 0 Å². The second-order valence-electron chi connectivity index (χ2n) is 3.25. The zero-order valence-corrected chi connectivity index (χ0v) is 10.7. The molecule has 0 unspecified atom stereocenters. The lowest BCUT2D eigenvalue weighted by Gasteiger charge is -1.91. The predicted molar refractivity (Wildman–Crippen MR) is 74.4 cm³/mol. The Morgan fingerprint density at radius 2 is 1.89 bits per heavy atom. The summed E-state index contributed by atoms with van der Waals surface area (Å²) in [6.45, 7) is 7.86. The van der Waals surface area contributed by atoms with Gasteiger partial charge in [-0.3, -0.25) is 4.79 Å². The Morgan fingerprint density at radius 3 is 2.26 bits per heavy atom. The molecule has 0 bridgehead atoms. The van der Waals surface area contributed by atoms with Crippen molar-refractivity contribution in [2.75, 3.05) is 0 Å². The lowest BCUT2D eigenvalue weighted by atomic mass is 10.2. The number of hydrogen-bond donors (Lipinski definition) is 2. The number of rotatable bonds is 3. The van der Waals surface area contributed by atoms with Gasteiger partial charge in [-0.1, -0.05) is 31.0 Å². The minimum absolute atomic E-state index is 0.00641. The number of phenols is 1. The van der Waals surface area contributed by atoms with E-state index in [1.165, 1.54) is 13.0 Å². The lowest BCUT2D eigenvalue weighted by Crippen LogP contribution is -1.87. The summed E-state index contributed by atoms with van der Waals surface area (Å²) in [5.74, 6) is -0.118. The van der Waals surface area contributed by atoms with Gasteiger partial charge >= 0.3 is 5.97 Å². The van der Waals surface area contributed by atoms with Crippen LogP contribution >= 0.6 is 0 Å². The number of esters is 1. The summed E-state index contributed by atoms with van der Waals surface area (Å²) in [6, 6.07) is 6.58.